The Morgan fingerprint density at radius 1 is 1.14 bits per heavy atom. The quantitative estimate of drug-likeness (QED) is 0.242. The standard InChI is InChI=1S/C29H37FN5O5PS/c1-8-21-22(15-31)26(34-27(23(21)16-32)42-24(25(33)36)18-9-11-19(30)12-10-18)35-14-13-20(17-35)38-41(37,39-28(2,3)4)40-29(5,6)7/h9-12,20,24H,8,13-14,17H2,1-7H3,(H2,33,36)/t20-,24+/m0/s1. The van der Waals surface area contributed by atoms with E-state index in [1.54, 1.807) is 41.5 Å². The Kier molecular flexibility index (Phi) is 10.5. The summed E-state index contributed by atoms with van der Waals surface area (Å²) in [6.45, 7) is 13.0. The van der Waals surface area contributed by atoms with Crippen LogP contribution in [0.25, 0.3) is 0 Å². The monoisotopic (exact) mass is 617 g/mol. The van der Waals surface area contributed by atoms with Gasteiger partial charge in [-0.05, 0) is 77.6 Å². The molecule has 2 N–H and O–H groups in total. The van der Waals surface area contributed by atoms with Gasteiger partial charge >= 0.3 is 7.82 Å². The van der Waals surface area contributed by atoms with Crippen LogP contribution in [0, 0.1) is 28.5 Å². The maximum Gasteiger partial charge on any atom is 0.476 e. The maximum absolute atomic E-state index is 13.7. The topological polar surface area (TPSA) is 152 Å². The van der Waals surface area contributed by atoms with Crippen LogP contribution in [0.3, 0.4) is 0 Å². The molecule has 1 fully saturated rings. The van der Waals surface area contributed by atoms with Crippen LogP contribution in [0.2, 0.25) is 0 Å². The van der Waals surface area contributed by atoms with E-state index in [2.05, 4.69) is 12.1 Å². The van der Waals surface area contributed by atoms with E-state index in [4.69, 9.17) is 24.3 Å². The molecule has 0 spiro atoms. The number of nitrogens with two attached hydrogens (primary N) is 1. The number of carbonyl (C=O) groups is 1. The lowest BCUT2D eigenvalue weighted by atomic mass is 10.0. The van der Waals surface area contributed by atoms with E-state index in [1.807, 2.05) is 11.8 Å². The van der Waals surface area contributed by atoms with Crippen molar-refractivity contribution in [2.45, 2.75) is 88.9 Å². The number of hydrogen-bond acceptors (Lipinski definition) is 10. The van der Waals surface area contributed by atoms with Crippen molar-refractivity contribution in [3.63, 3.8) is 0 Å². The number of anilines is 1. The molecule has 1 aliphatic heterocycles. The highest BCUT2D eigenvalue weighted by Gasteiger charge is 2.41. The molecule has 2 heterocycles. The van der Waals surface area contributed by atoms with Gasteiger partial charge in [0.15, 0.2) is 0 Å². The molecule has 2 aromatic rings. The van der Waals surface area contributed by atoms with Crippen LogP contribution in [-0.2, 0) is 29.4 Å². The maximum atomic E-state index is 13.7. The average Bonchev–Trinajstić information content (AvgIpc) is 3.31. The number of thioether (sulfide) groups is 1. The van der Waals surface area contributed by atoms with Crippen molar-refractivity contribution < 1.29 is 27.3 Å². The van der Waals surface area contributed by atoms with E-state index >= 15 is 0 Å². The van der Waals surface area contributed by atoms with Crippen LogP contribution >= 0.6 is 19.6 Å². The largest absolute Gasteiger partial charge is 0.476 e. The Morgan fingerprint density at radius 2 is 1.71 bits per heavy atom. The molecular weight excluding hydrogens is 580 g/mol. The minimum Gasteiger partial charge on any atom is -0.368 e. The molecule has 2 atom stereocenters. The summed E-state index contributed by atoms with van der Waals surface area (Å²) in [4.78, 5) is 19.0. The number of phosphoric ester groups is 1. The zero-order valence-corrected chi connectivity index (χ0v) is 26.6. The third-order valence-corrected chi connectivity index (χ3v) is 9.34. The van der Waals surface area contributed by atoms with Crippen LogP contribution in [-0.4, -0.2) is 41.3 Å². The smallest absolute Gasteiger partial charge is 0.368 e. The SMILES string of the molecule is CCc1c(C#N)c(S[C@@H](C(N)=O)c2ccc(F)cc2)nc(N2CC[C@H](OP(=O)(OC(C)(C)C)OC(C)(C)C)C2)c1C#N. The van der Waals surface area contributed by atoms with Crippen LogP contribution in [0.15, 0.2) is 29.3 Å². The summed E-state index contributed by atoms with van der Waals surface area (Å²) < 4.78 is 44.7. The van der Waals surface area contributed by atoms with E-state index < -0.39 is 42.1 Å². The number of benzene rings is 1. The molecule has 1 aromatic carbocycles. The van der Waals surface area contributed by atoms with E-state index in [0.29, 0.717) is 36.3 Å². The predicted molar refractivity (Wildman–Crippen MR) is 158 cm³/mol. The van der Waals surface area contributed by atoms with Gasteiger partial charge < -0.3 is 10.6 Å². The first kappa shape index (κ1) is 33.5. The second-order valence-electron chi connectivity index (χ2n) is 11.8. The minimum atomic E-state index is -3.99. The number of hydrogen-bond donors (Lipinski definition) is 1. The number of halogens is 1. The summed E-state index contributed by atoms with van der Waals surface area (Å²) in [6, 6.07) is 9.68. The third-order valence-electron chi connectivity index (χ3n) is 5.98. The summed E-state index contributed by atoms with van der Waals surface area (Å²) in [7, 11) is -3.99. The zero-order valence-electron chi connectivity index (χ0n) is 24.9. The first-order valence-electron chi connectivity index (χ1n) is 13.5. The molecule has 13 heteroatoms. The third kappa shape index (κ3) is 8.53. The van der Waals surface area contributed by atoms with Gasteiger partial charge in [-0.15, -0.1) is 0 Å². The van der Waals surface area contributed by atoms with Crippen molar-refractivity contribution in [1.29, 1.82) is 10.5 Å². The number of rotatable bonds is 10. The lowest BCUT2D eigenvalue weighted by Crippen LogP contribution is -2.29. The van der Waals surface area contributed by atoms with Crippen molar-refractivity contribution in [1.82, 2.24) is 4.98 Å². The number of nitriles is 2. The summed E-state index contributed by atoms with van der Waals surface area (Å²) in [6.07, 6.45) is 0.235. The fraction of sp³-hybridized carbons (Fsp3) is 0.517. The molecule has 1 aromatic heterocycles. The Morgan fingerprint density at radius 3 is 2.19 bits per heavy atom. The number of nitrogens with zero attached hydrogens (tertiary/aromatic N) is 4. The molecule has 3 rings (SSSR count). The second kappa shape index (κ2) is 13.1. The van der Waals surface area contributed by atoms with Crippen LogP contribution in [0.1, 0.15) is 82.4 Å². The first-order chi connectivity index (χ1) is 19.5. The number of carbonyl (C=O) groups excluding carboxylic acids is 1. The summed E-state index contributed by atoms with van der Waals surface area (Å²) in [5.41, 5.74) is 5.44. The molecule has 1 saturated heterocycles. The Hall–Kier alpha value is -2.99. The van der Waals surface area contributed by atoms with E-state index in [0.717, 1.165) is 11.8 Å². The molecule has 0 aliphatic carbocycles. The van der Waals surface area contributed by atoms with Gasteiger partial charge in [0.1, 0.15) is 34.0 Å². The second-order valence-corrected chi connectivity index (χ2v) is 14.4. The minimum absolute atomic E-state index is 0.171. The highest BCUT2D eigenvalue weighted by Crippen LogP contribution is 2.57. The fourth-order valence-electron chi connectivity index (χ4n) is 4.46. The van der Waals surface area contributed by atoms with Gasteiger partial charge in [-0.1, -0.05) is 30.8 Å². The van der Waals surface area contributed by atoms with Gasteiger partial charge in [-0.25, -0.2) is 13.9 Å². The average molecular weight is 618 g/mol. The molecule has 0 saturated carbocycles. The summed E-state index contributed by atoms with van der Waals surface area (Å²) in [5.74, 6) is -0.843. The molecule has 0 radical (unpaired) electrons. The Labute approximate surface area is 250 Å². The van der Waals surface area contributed by atoms with Crippen molar-refractivity contribution in [3.8, 4) is 12.1 Å². The van der Waals surface area contributed by atoms with Crippen LogP contribution in [0.4, 0.5) is 10.2 Å². The highest BCUT2D eigenvalue weighted by atomic mass is 32.2. The molecule has 42 heavy (non-hydrogen) atoms. The number of aromatic nitrogens is 1. The van der Waals surface area contributed by atoms with Gasteiger partial charge in [-0.2, -0.15) is 10.5 Å². The van der Waals surface area contributed by atoms with Gasteiger partial charge in [0, 0.05) is 13.1 Å². The van der Waals surface area contributed by atoms with Crippen molar-refractivity contribution in [2.75, 3.05) is 18.0 Å². The van der Waals surface area contributed by atoms with E-state index in [-0.39, 0.29) is 22.7 Å². The summed E-state index contributed by atoms with van der Waals surface area (Å²) >= 11 is 0.970. The number of amides is 1. The molecule has 1 amide bonds. The van der Waals surface area contributed by atoms with Crippen molar-refractivity contribution in [2.24, 2.45) is 5.73 Å². The molecule has 1 aliphatic rings. The Bertz CT molecular complexity index is 1420. The first-order valence-corrected chi connectivity index (χ1v) is 15.9. The van der Waals surface area contributed by atoms with E-state index in [1.165, 1.54) is 24.3 Å². The summed E-state index contributed by atoms with van der Waals surface area (Å²) in [5, 5.41) is 19.4. The van der Waals surface area contributed by atoms with Gasteiger partial charge in [0.2, 0.25) is 5.91 Å². The van der Waals surface area contributed by atoms with Crippen LogP contribution in [0.5, 0.6) is 0 Å². The number of primary amides is 1. The molecule has 0 bridgehead atoms. The van der Waals surface area contributed by atoms with Gasteiger partial charge in [-0.3, -0.25) is 18.4 Å². The highest BCUT2D eigenvalue weighted by molar-refractivity contribution is 8.00. The molecule has 0 unspecified atom stereocenters. The lowest BCUT2D eigenvalue weighted by Gasteiger charge is -2.32. The predicted octanol–water partition coefficient (Wildman–Crippen LogP) is 6.18. The van der Waals surface area contributed by atoms with Crippen LogP contribution < -0.4 is 10.6 Å². The fourth-order valence-corrected chi connectivity index (χ4v) is 7.52. The van der Waals surface area contributed by atoms with E-state index in [9.17, 15) is 24.3 Å². The van der Waals surface area contributed by atoms with Gasteiger partial charge in [0.25, 0.3) is 0 Å². The normalized spacial score (nSPS) is 16.6. The lowest BCUT2D eigenvalue weighted by molar-refractivity contribution is -0.117. The van der Waals surface area contributed by atoms with Crippen molar-refractivity contribution >= 4 is 31.3 Å². The van der Waals surface area contributed by atoms with Crippen molar-refractivity contribution in [3.05, 3.63) is 52.3 Å². The van der Waals surface area contributed by atoms with Gasteiger partial charge in [0.05, 0.1) is 28.4 Å². The Balaban J connectivity index is 2.00. The number of pyridine rings is 1. The molecule has 10 nitrogen and oxygen atoms in total. The number of phosphoric acid groups is 1. The molecular formula is C29H37FN5O5PS. The zero-order chi connectivity index (χ0) is 31.5. The molecule has 226 valence electrons.